The normalized spacial score (nSPS) is 12.0. The third-order valence-electron chi connectivity index (χ3n) is 1.99. The summed E-state index contributed by atoms with van der Waals surface area (Å²) in [6, 6.07) is 5.67. The number of aryl methyl sites for hydroxylation is 1. The second-order valence-electron chi connectivity index (χ2n) is 3.19. The number of benzene rings is 1. The van der Waals surface area contributed by atoms with Gasteiger partial charge in [-0.25, -0.2) is 4.79 Å². The third-order valence-corrected chi connectivity index (χ3v) is 2.48. The Morgan fingerprint density at radius 2 is 2.13 bits per heavy atom. The Kier molecular flexibility index (Phi) is 4.15. The van der Waals surface area contributed by atoms with E-state index < -0.39 is 6.10 Å². The van der Waals surface area contributed by atoms with Crippen LogP contribution in [0.1, 0.15) is 12.5 Å². The van der Waals surface area contributed by atoms with Gasteiger partial charge in [-0.05, 0) is 31.5 Å². The van der Waals surface area contributed by atoms with E-state index in [1.165, 1.54) is 7.11 Å². The molecule has 4 heteroatoms. The van der Waals surface area contributed by atoms with Crippen molar-refractivity contribution >= 4 is 21.9 Å². The van der Waals surface area contributed by atoms with Crippen LogP contribution in [0.5, 0.6) is 5.75 Å². The Labute approximate surface area is 97.5 Å². The summed E-state index contributed by atoms with van der Waals surface area (Å²) >= 11 is 3.34. The molecule has 0 spiro atoms. The first kappa shape index (κ1) is 12.0. The molecular weight excluding hydrogens is 260 g/mol. The van der Waals surface area contributed by atoms with Gasteiger partial charge >= 0.3 is 5.97 Å². The molecule has 1 atom stereocenters. The average molecular weight is 273 g/mol. The first-order chi connectivity index (χ1) is 7.04. The highest BCUT2D eigenvalue weighted by molar-refractivity contribution is 9.10. The molecule has 0 saturated heterocycles. The van der Waals surface area contributed by atoms with E-state index >= 15 is 0 Å². The van der Waals surface area contributed by atoms with Crippen LogP contribution in [0.4, 0.5) is 0 Å². The number of hydrogen-bond donors (Lipinski definition) is 0. The molecule has 0 amide bonds. The molecule has 0 saturated carbocycles. The maximum absolute atomic E-state index is 11.2. The van der Waals surface area contributed by atoms with Crippen molar-refractivity contribution in [3.05, 3.63) is 28.2 Å². The van der Waals surface area contributed by atoms with Gasteiger partial charge in [-0.15, -0.1) is 0 Å². The molecule has 0 N–H and O–H groups in total. The van der Waals surface area contributed by atoms with Crippen LogP contribution in [0.2, 0.25) is 0 Å². The molecule has 82 valence electrons. The van der Waals surface area contributed by atoms with E-state index in [9.17, 15) is 4.79 Å². The van der Waals surface area contributed by atoms with Crippen LogP contribution in [0.3, 0.4) is 0 Å². The van der Waals surface area contributed by atoms with Gasteiger partial charge in [0, 0.05) is 4.47 Å². The van der Waals surface area contributed by atoms with E-state index in [-0.39, 0.29) is 5.97 Å². The first-order valence-corrected chi connectivity index (χ1v) is 5.34. The molecule has 0 radical (unpaired) electrons. The SMILES string of the molecule is COC(=O)C(C)Oc1cc(Br)ccc1C. The summed E-state index contributed by atoms with van der Waals surface area (Å²) in [4.78, 5) is 11.2. The van der Waals surface area contributed by atoms with Gasteiger partial charge in [0.25, 0.3) is 0 Å². The lowest BCUT2D eigenvalue weighted by Crippen LogP contribution is -2.25. The van der Waals surface area contributed by atoms with Crippen LogP contribution in [0.15, 0.2) is 22.7 Å². The molecule has 0 heterocycles. The van der Waals surface area contributed by atoms with Crippen molar-refractivity contribution in [2.45, 2.75) is 20.0 Å². The Hall–Kier alpha value is -1.03. The Morgan fingerprint density at radius 1 is 1.47 bits per heavy atom. The summed E-state index contributed by atoms with van der Waals surface area (Å²) in [7, 11) is 1.34. The minimum absolute atomic E-state index is 0.380. The number of carbonyl (C=O) groups excluding carboxylic acids is 1. The lowest BCUT2D eigenvalue weighted by molar-refractivity contribution is -0.147. The number of ether oxygens (including phenoxy) is 2. The molecule has 1 aromatic carbocycles. The van der Waals surface area contributed by atoms with E-state index in [2.05, 4.69) is 20.7 Å². The zero-order valence-electron chi connectivity index (χ0n) is 8.91. The quantitative estimate of drug-likeness (QED) is 0.794. The van der Waals surface area contributed by atoms with E-state index in [4.69, 9.17) is 4.74 Å². The molecule has 0 aliphatic carbocycles. The molecule has 1 rings (SSSR count). The Bertz CT molecular complexity index is 363. The van der Waals surface area contributed by atoms with Gasteiger partial charge in [-0.3, -0.25) is 0 Å². The van der Waals surface area contributed by atoms with Crippen molar-refractivity contribution in [2.24, 2.45) is 0 Å². The number of esters is 1. The number of hydrogen-bond acceptors (Lipinski definition) is 3. The zero-order valence-corrected chi connectivity index (χ0v) is 10.5. The van der Waals surface area contributed by atoms with Crippen molar-refractivity contribution in [1.29, 1.82) is 0 Å². The van der Waals surface area contributed by atoms with Gasteiger partial charge in [0.05, 0.1) is 7.11 Å². The van der Waals surface area contributed by atoms with Gasteiger partial charge in [-0.1, -0.05) is 22.0 Å². The number of halogens is 1. The standard InChI is InChI=1S/C11H13BrO3/c1-7-4-5-9(12)6-10(7)15-8(2)11(13)14-3/h4-6,8H,1-3H3. The van der Waals surface area contributed by atoms with Crippen LogP contribution in [0, 0.1) is 6.92 Å². The molecule has 0 aromatic heterocycles. The summed E-state index contributed by atoms with van der Waals surface area (Å²) in [6.07, 6.45) is -0.594. The van der Waals surface area contributed by atoms with Crippen LogP contribution in [0.25, 0.3) is 0 Å². The smallest absolute Gasteiger partial charge is 0.346 e. The predicted molar refractivity (Wildman–Crippen MR) is 61.0 cm³/mol. The van der Waals surface area contributed by atoms with Gasteiger partial charge in [-0.2, -0.15) is 0 Å². The summed E-state index contributed by atoms with van der Waals surface area (Å²) in [5.74, 6) is 0.302. The molecule has 1 unspecified atom stereocenters. The monoisotopic (exact) mass is 272 g/mol. The fraction of sp³-hybridized carbons (Fsp3) is 0.364. The highest BCUT2D eigenvalue weighted by Crippen LogP contribution is 2.23. The van der Waals surface area contributed by atoms with E-state index in [0.29, 0.717) is 5.75 Å². The van der Waals surface area contributed by atoms with Crippen LogP contribution >= 0.6 is 15.9 Å². The van der Waals surface area contributed by atoms with Gasteiger partial charge in [0.15, 0.2) is 6.10 Å². The molecular formula is C11H13BrO3. The lowest BCUT2D eigenvalue weighted by atomic mass is 10.2. The maximum atomic E-state index is 11.2. The fourth-order valence-corrected chi connectivity index (χ4v) is 1.45. The van der Waals surface area contributed by atoms with Crippen molar-refractivity contribution in [3.63, 3.8) is 0 Å². The summed E-state index contributed by atoms with van der Waals surface area (Å²) in [6.45, 7) is 3.58. The van der Waals surface area contributed by atoms with Gasteiger partial charge in [0.2, 0.25) is 0 Å². The van der Waals surface area contributed by atoms with Crippen LogP contribution in [-0.2, 0) is 9.53 Å². The fourth-order valence-electron chi connectivity index (χ4n) is 1.11. The topological polar surface area (TPSA) is 35.5 Å². The molecule has 0 aliphatic rings. The summed E-state index contributed by atoms with van der Waals surface area (Å²) in [5, 5.41) is 0. The van der Waals surface area contributed by atoms with E-state index in [0.717, 1.165) is 10.0 Å². The molecule has 0 aliphatic heterocycles. The minimum atomic E-state index is -0.594. The van der Waals surface area contributed by atoms with Gasteiger partial charge in [0.1, 0.15) is 5.75 Å². The van der Waals surface area contributed by atoms with Gasteiger partial charge < -0.3 is 9.47 Å². The van der Waals surface area contributed by atoms with Crippen molar-refractivity contribution in [3.8, 4) is 5.75 Å². The van der Waals surface area contributed by atoms with Crippen molar-refractivity contribution < 1.29 is 14.3 Å². The number of carbonyl (C=O) groups is 1. The predicted octanol–water partition coefficient (Wildman–Crippen LogP) is 2.70. The third kappa shape index (κ3) is 3.23. The Morgan fingerprint density at radius 3 is 2.73 bits per heavy atom. The van der Waals surface area contributed by atoms with Crippen LogP contribution < -0.4 is 4.74 Å². The second kappa shape index (κ2) is 5.16. The highest BCUT2D eigenvalue weighted by atomic mass is 79.9. The molecule has 0 fully saturated rings. The largest absolute Gasteiger partial charge is 0.479 e. The molecule has 1 aromatic rings. The molecule has 15 heavy (non-hydrogen) atoms. The maximum Gasteiger partial charge on any atom is 0.346 e. The summed E-state index contributed by atoms with van der Waals surface area (Å²) in [5.41, 5.74) is 0.981. The summed E-state index contributed by atoms with van der Waals surface area (Å²) < 4.78 is 11.0. The average Bonchev–Trinajstić information content (AvgIpc) is 2.22. The van der Waals surface area contributed by atoms with Crippen LogP contribution in [-0.4, -0.2) is 19.2 Å². The molecule has 0 bridgehead atoms. The van der Waals surface area contributed by atoms with E-state index in [1.54, 1.807) is 6.92 Å². The Balaban J connectivity index is 2.80. The van der Waals surface area contributed by atoms with Crippen molar-refractivity contribution in [2.75, 3.05) is 7.11 Å². The van der Waals surface area contributed by atoms with E-state index in [1.807, 2.05) is 25.1 Å². The zero-order chi connectivity index (χ0) is 11.4. The lowest BCUT2D eigenvalue weighted by Gasteiger charge is -2.14. The minimum Gasteiger partial charge on any atom is -0.479 e. The number of methoxy groups -OCH3 is 1. The number of rotatable bonds is 3. The molecule has 3 nitrogen and oxygen atoms in total. The van der Waals surface area contributed by atoms with Crippen molar-refractivity contribution in [1.82, 2.24) is 0 Å². The highest BCUT2D eigenvalue weighted by Gasteiger charge is 2.15. The second-order valence-corrected chi connectivity index (χ2v) is 4.11. The first-order valence-electron chi connectivity index (χ1n) is 4.55.